The second-order valence-electron chi connectivity index (χ2n) is 8.20. The number of hydrogen-bond donors (Lipinski definition) is 1. The van der Waals surface area contributed by atoms with Crippen molar-refractivity contribution in [3.8, 4) is 5.75 Å². The van der Waals surface area contributed by atoms with E-state index in [1.54, 1.807) is 7.11 Å². The Hall–Kier alpha value is -3.64. The summed E-state index contributed by atoms with van der Waals surface area (Å²) in [6.07, 6.45) is 0. The number of benzene rings is 3. The largest absolute Gasteiger partial charge is 0.495 e. The van der Waals surface area contributed by atoms with Gasteiger partial charge in [0.1, 0.15) is 11.8 Å². The third-order valence-corrected chi connectivity index (χ3v) is 5.96. The lowest BCUT2D eigenvalue weighted by atomic mass is 10.0. The van der Waals surface area contributed by atoms with Crippen LogP contribution in [0.1, 0.15) is 27.5 Å². The van der Waals surface area contributed by atoms with E-state index >= 15 is 0 Å². The van der Waals surface area contributed by atoms with Crippen LogP contribution >= 0.6 is 0 Å². The Morgan fingerprint density at radius 3 is 2.15 bits per heavy atom. The molecule has 0 bridgehead atoms. The second kappa shape index (κ2) is 10.3. The number of nitrogens with zero attached hydrogens (tertiary/aromatic N) is 2. The van der Waals surface area contributed by atoms with Crippen LogP contribution in [0.3, 0.4) is 0 Å². The molecule has 1 atom stereocenters. The quantitative estimate of drug-likeness (QED) is 0.622. The number of rotatable bonds is 6. The van der Waals surface area contributed by atoms with Gasteiger partial charge in [0.05, 0.1) is 12.8 Å². The highest BCUT2D eigenvalue weighted by Crippen LogP contribution is 2.29. The molecule has 1 aliphatic heterocycles. The standard InChI is InChI=1S/C27H29N3O3/c1-20-13-14-24(33-2)23(19-20)28-26(31)25(21-9-5-3-6-10-21)29-15-17-30(18-16-29)27(32)22-11-7-4-8-12-22/h3-14,19,25H,15-18H2,1-2H3,(H,28,31). The highest BCUT2D eigenvalue weighted by Gasteiger charge is 2.32. The highest BCUT2D eigenvalue weighted by molar-refractivity contribution is 5.97. The zero-order valence-corrected chi connectivity index (χ0v) is 19.0. The summed E-state index contributed by atoms with van der Waals surface area (Å²) in [6.45, 7) is 4.33. The average molecular weight is 444 g/mol. The molecule has 1 fully saturated rings. The molecule has 0 aromatic heterocycles. The molecule has 1 aliphatic rings. The first kappa shape index (κ1) is 22.6. The number of ether oxygens (including phenoxy) is 1. The summed E-state index contributed by atoms with van der Waals surface area (Å²) >= 11 is 0. The molecule has 3 aromatic carbocycles. The summed E-state index contributed by atoms with van der Waals surface area (Å²) in [5.74, 6) is 0.535. The average Bonchev–Trinajstić information content (AvgIpc) is 2.85. The number of methoxy groups -OCH3 is 1. The molecular formula is C27H29N3O3. The first-order chi connectivity index (χ1) is 16.1. The molecule has 6 nitrogen and oxygen atoms in total. The van der Waals surface area contributed by atoms with E-state index in [0.29, 0.717) is 43.2 Å². The van der Waals surface area contributed by atoms with Crippen molar-refractivity contribution in [1.29, 1.82) is 0 Å². The Bertz CT molecular complexity index is 1090. The molecule has 1 N–H and O–H groups in total. The Balaban J connectivity index is 1.52. The van der Waals surface area contributed by atoms with Crippen LogP contribution in [0.25, 0.3) is 0 Å². The van der Waals surface area contributed by atoms with Gasteiger partial charge in [0.2, 0.25) is 5.91 Å². The van der Waals surface area contributed by atoms with Gasteiger partial charge in [0, 0.05) is 31.7 Å². The first-order valence-electron chi connectivity index (χ1n) is 11.2. The second-order valence-corrected chi connectivity index (χ2v) is 8.20. The lowest BCUT2D eigenvalue weighted by Gasteiger charge is -2.39. The van der Waals surface area contributed by atoms with Crippen molar-refractivity contribution in [3.63, 3.8) is 0 Å². The minimum atomic E-state index is -0.467. The zero-order chi connectivity index (χ0) is 23.2. The van der Waals surface area contributed by atoms with Crippen LogP contribution < -0.4 is 10.1 Å². The van der Waals surface area contributed by atoms with Gasteiger partial charge in [-0.3, -0.25) is 14.5 Å². The molecule has 4 rings (SSSR count). The number of carbonyl (C=O) groups excluding carboxylic acids is 2. The predicted octanol–water partition coefficient (Wildman–Crippen LogP) is 4.14. The molecule has 1 heterocycles. The minimum absolute atomic E-state index is 0.0282. The maximum absolute atomic E-state index is 13.5. The van der Waals surface area contributed by atoms with Crippen LogP contribution in [0.15, 0.2) is 78.9 Å². The van der Waals surface area contributed by atoms with Crippen molar-refractivity contribution >= 4 is 17.5 Å². The number of hydrogen-bond acceptors (Lipinski definition) is 4. The van der Waals surface area contributed by atoms with Crippen molar-refractivity contribution in [2.75, 3.05) is 38.6 Å². The van der Waals surface area contributed by atoms with Gasteiger partial charge in [0.25, 0.3) is 5.91 Å². The number of amides is 2. The maximum Gasteiger partial charge on any atom is 0.253 e. The normalized spacial score (nSPS) is 15.0. The molecule has 0 saturated carbocycles. The van der Waals surface area contributed by atoms with Crippen LogP contribution in [0.5, 0.6) is 5.75 Å². The van der Waals surface area contributed by atoms with E-state index in [1.807, 2.05) is 90.7 Å². The molecule has 3 aromatic rings. The van der Waals surface area contributed by atoms with Crippen LogP contribution in [0, 0.1) is 6.92 Å². The lowest BCUT2D eigenvalue weighted by molar-refractivity contribution is -0.122. The third-order valence-electron chi connectivity index (χ3n) is 5.96. The summed E-state index contributed by atoms with van der Waals surface area (Å²) in [5, 5.41) is 3.07. The van der Waals surface area contributed by atoms with Crippen LogP contribution in [-0.2, 0) is 4.79 Å². The van der Waals surface area contributed by atoms with Gasteiger partial charge in [0.15, 0.2) is 0 Å². The van der Waals surface area contributed by atoms with Crippen molar-refractivity contribution in [2.45, 2.75) is 13.0 Å². The van der Waals surface area contributed by atoms with E-state index in [1.165, 1.54) is 0 Å². The summed E-state index contributed by atoms with van der Waals surface area (Å²) in [4.78, 5) is 30.4. The van der Waals surface area contributed by atoms with Gasteiger partial charge < -0.3 is 15.0 Å². The fraction of sp³-hybridized carbons (Fsp3) is 0.259. The lowest BCUT2D eigenvalue weighted by Crippen LogP contribution is -2.51. The summed E-state index contributed by atoms with van der Waals surface area (Å²) in [5.41, 5.74) is 3.30. The fourth-order valence-electron chi connectivity index (χ4n) is 4.23. The SMILES string of the molecule is COc1ccc(C)cc1NC(=O)C(c1ccccc1)N1CCN(C(=O)c2ccccc2)CC1. The Morgan fingerprint density at radius 1 is 0.879 bits per heavy atom. The van der Waals surface area contributed by atoms with Gasteiger partial charge in [-0.1, -0.05) is 54.6 Å². The summed E-state index contributed by atoms with van der Waals surface area (Å²) < 4.78 is 5.44. The van der Waals surface area contributed by atoms with E-state index in [2.05, 4.69) is 10.2 Å². The molecule has 170 valence electrons. The van der Waals surface area contributed by atoms with Gasteiger partial charge in [-0.15, -0.1) is 0 Å². The van der Waals surface area contributed by atoms with E-state index < -0.39 is 6.04 Å². The molecular weight excluding hydrogens is 414 g/mol. The van der Waals surface area contributed by atoms with E-state index in [4.69, 9.17) is 4.74 Å². The van der Waals surface area contributed by atoms with E-state index in [9.17, 15) is 9.59 Å². The molecule has 1 saturated heterocycles. The fourth-order valence-corrected chi connectivity index (χ4v) is 4.23. The number of anilines is 1. The van der Waals surface area contributed by atoms with Gasteiger partial charge in [-0.05, 0) is 42.3 Å². The smallest absolute Gasteiger partial charge is 0.253 e. The maximum atomic E-state index is 13.5. The Kier molecular flexibility index (Phi) is 7.05. The van der Waals surface area contributed by atoms with E-state index in [-0.39, 0.29) is 11.8 Å². The molecule has 33 heavy (non-hydrogen) atoms. The molecule has 0 spiro atoms. The topological polar surface area (TPSA) is 61.9 Å². The van der Waals surface area contributed by atoms with Gasteiger partial charge in [-0.2, -0.15) is 0 Å². The molecule has 1 unspecified atom stereocenters. The highest BCUT2D eigenvalue weighted by atomic mass is 16.5. The molecule has 2 amide bonds. The third kappa shape index (κ3) is 5.23. The first-order valence-corrected chi connectivity index (χ1v) is 11.2. The molecule has 6 heteroatoms. The molecule has 0 radical (unpaired) electrons. The Morgan fingerprint density at radius 2 is 1.52 bits per heavy atom. The van der Waals surface area contributed by atoms with E-state index in [0.717, 1.165) is 11.1 Å². The zero-order valence-electron chi connectivity index (χ0n) is 19.0. The molecule has 0 aliphatic carbocycles. The Labute approximate surface area is 194 Å². The van der Waals surface area contributed by atoms with Gasteiger partial charge >= 0.3 is 0 Å². The monoisotopic (exact) mass is 443 g/mol. The van der Waals surface area contributed by atoms with Crippen molar-refractivity contribution in [1.82, 2.24) is 9.80 Å². The van der Waals surface area contributed by atoms with Crippen LogP contribution in [-0.4, -0.2) is 54.9 Å². The number of carbonyl (C=O) groups is 2. The summed E-state index contributed by atoms with van der Waals surface area (Å²) in [6, 6.07) is 24.4. The summed E-state index contributed by atoms with van der Waals surface area (Å²) in [7, 11) is 1.60. The van der Waals surface area contributed by atoms with Crippen LogP contribution in [0.2, 0.25) is 0 Å². The minimum Gasteiger partial charge on any atom is -0.495 e. The number of piperazine rings is 1. The van der Waals surface area contributed by atoms with Crippen LogP contribution in [0.4, 0.5) is 5.69 Å². The van der Waals surface area contributed by atoms with Crippen molar-refractivity contribution in [2.24, 2.45) is 0 Å². The van der Waals surface area contributed by atoms with Crippen molar-refractivity contribution in [3.05, 3.63) is 95.6 Å². The number of nitrogens with one attached hydrogen (secondary N) is 1. The van der Waals surface area contributed by atoms with Gasteiger partial charge in [-0.25, -0.2) is 0 Å². The van der Waals surface area contributed by atoms with Crippen molar-refractivity contribution < 1.29 is 14.3 Å². The predicted molar refractivity (Wildman–Crippen MR) is 129 cm³/mol. The number of aryl methyl sites for hydroxylation is 1.